The molecule has 0 aromatic heterocycles. The Hall–Kier alpha value is -1.03. The maximum atomic E-state index is 12.5. The molecule has 1 aromatic rings. The molecule has 0 bridgehead atoms. The van der Waals surface area contributed by atoms with Crippen molar-refractivity contribution in [3.8, 4) is 5.75 Å². The third-order valence-corrected chi connectivity index (χ3v) is 3.87. The first-order valence-corrected chi connectivity index (χ1v) is 8.26. The summed E-state index contributed by atoms with van der Waals surface area (Å²) < 4.78 is 5.20. The smallest absolute Gasteiger partial charge is 0.227 e. The van der Waals surface area contributed by atoms with Gasteiger partial charge in [0.15, 0.2) is 0 Å². The fourth-order valence-electron chi connectivity index (χ4n) is 2.39. The fourth-order valence-corrected chi connectivity index (χ4v) is 2.77. The number of rotatable bonds is 8. The molecule has 0 saturated heterocycles. The number of nitrogens with zero attached hydrogens (tertiary/aromatic N) is 1. The Labute approximate surface area is 130 Å². The number of carbonyl (C=O) groups excluding carboxylic acids is 1. The van der Waals surface area contributed by atoms with Crippen LogP contribution >= 0.6 is 15.9 Å². The van der Waals surface area contributed by atoms with Crippen LogP contribution in [0.3, 0.4) is 0 Å². The summed E-state index contributed by atoms with van der Waals surface area (Å²) in [5, 5.41) is 0.813. The molecule has 112 valence electrons. The lowest BCUT2D eigenvalue weighted by Crippen LogP contribution is -2.41. The molecule has 1 amide bonds. The van der Waals surface area contributed by atoms with Crippen LogP contribution in [0.25, 0.3) is 0 Å². The Bertz CT molecular complexity index is 419. The van der Waals surface area contributed by atoms with E-state index in [1.54, 1.807) is 7.11 Å². The third kappa shape index (κ3) is 4.82. The Morgan fingerprint density at radius 2 is 2.05 bits per heavy atom. The minimum absolute atomic E-state index is 0.186. The molecule has 1 aromatic carbocycles. The zero-order valence-electron chi connectivity index (χ0n) is 12.6. The molecule has 0 fully saturated rings. The summed E-state index contributed by atoms with van der Waals surface area (Å²) in [5.74, 6) is 0.983. The number of amides is 1. The van der Waals surface area contributed by atoms with E-state index in [4.69, 9.17) is 4.74 Å². The molecule has 0 N–H and O–H groups in total. The summed E-state index contributed by atoms with van der Waals surface area (Å²) in [6.45, 7) is 5.03. The Morgan fingerprint density at radius 3 is 2.60 bits per heavy atom. The predicted octanol–water partition coefficient (Wildman–Crippen LogP) is 3.65. The van der Waals surface area contributed by atoms with Crippen LogP contribution in [0.1, 0.15) is 32.3 Å². The zero-order chi connectivity index (χ0) is 15.0. The van der Waals surface area contributed by atoms with Crippen molar-refractivity contribution >= 4 is 21.8 Å². The Kier molecular flexibility index (Phi) is 7.67. The Balaban J connectivity index is 2.79. The molecular formula is C16H24BrNO2. The number of carbonyl (C=O) groups is 1. The topological polar surface area (TPSA) is 29.5 Å². The molecular weight excluding hydrogens is 318 g/mol. The molecule has 0 spiro atoms. The van der Waals surface area contributed by atoms with E-state index in [0.717, 1.165) is 36.0 Å². The molecule has 0 heterocycles. The number of halogens is 1. The van der Waals surface area contributed by atoms with E-state index in [9.17, 15) is 4.79 Å². The second-order valence-electron chi connectivity index (χ2n) is 4.77. The van der Waals surface area contributed by atoms with Crippen LogP contribution < -0.4 is 4.74 Å². The standard InChI is InChI=1S/C16H24BrNO2/c1-4-14(5-2)18(10-9-17)16(19)12-13-7-6-8-15(11-13)20-3/h6-8,11,14H,4-5,9-10,12H2,1-3H3. The molecule has 0 saturated carbocycles. The minimum Gasteiger partial charge on any atom is -0.497 e. The van der Waals surface area contributed by atoms with Gasteiger partial charge in [-0.15, -0.1) is 0 Å². The maximum Gasteiger partial charge on any atom is 0.227 e. The van der Waals surface area contributed by atoms with E-state index in [1.165, 1.54) is 0 Å². The lowest BCUT2D eigenvalue weighted by atomic mass is 10.1. The second kappa shape index (κ2) is 9.01. The number of methoxy groups -OCH3 is 1. The largest absolute Gasteiger partial charge is 0.497 e. The van der Waals surface area contributed by atoms with E-state index in [0.29, 0.717) is 12.5 Å². The van der Waals surface area contributed by atoms with E-state index in [2.05, 4.69) is 29.8 Å². The molecule has 0 atom stereocenters. The first-order chi connectivity index (χ1) is 9.65. The van der Waals surface area contributed by atoms with Crippen molar-refractivity contribution in [1.29, 1.82) is 0 Å². The van der Waals surface area contributed by atoms with Crippen LogP contribution in [-0.4, -0.2) is 35.8 Å². The van der Waals surface area contributed by atoms with Gasteiger partial charge in [-0.05, 0) is 30.5 Å². The highest BCUT2D eigenvalue weighted by Crippen LogP contribution is 2.16. The van der Waals surface area contributed by atoms with Gasteiger partial charge in [-0.2, -0.15) is 0 Å². The molecule has 1 rings (SSSR count). The van der Waals surface area contributed by atoms with Crippen molar-refractivity contribution in [3.05, 3.63) is 29.8 Å². The van der Waals surface area contributed by atoms with E-state index < -0.39 is 0 Å². The van der Waals surface area contributed by atoms with Gasteiger partial charge in [0.25, 0.3) is 0 Å². The van der Waals surface area contributed by atoms with Crippen LogP contribution in [0.4, 0.5) is 0 Å². The lowest BCUT2D eigenvalue weighted by Gasteiger charge is -2.30. The molecule has 20 heavy (non-hydrogen) atoms. The van der Waals surface area contributed by atoms with Gasteiger partial charge >= 0.3 is 0 Å². The van der Waals surface area contributed by atoms with Gasteiger partial charge in [-0.3, -0.25) is 4.79 Å². The highest BCUT2D eigenvalue weighted by molar-refractivity contribution is 9.09. The van der Waals surface area contributed by atoms with Gasteiger partial charge < -0.3 is 9.64 Å². The summed E-state index contributed by atoms with van der Waals surface area (Å²) in [5.41, 5.74) is 1.000. The van der Waals surface area contributed by atoms with Crippen molar-refractivity contribution in [3.63, 3.8) is 0 Å². The van der Waals surface area contributed by atoms with E-state index >= 15 is 0 Å². The van der Waals surface area contributed by atoms with E-state index in [1.807, 2.05) is 29.2 Å². The van der Waals surface area contributed by atoms with Crippen LogP contribution in [0.15, 0.2) is 24.3 Å². The van der Waals surface area contributed by atoms with Crippen molar-refractivity contribution in [2.24, 2.45) is 0 Å². The summed E-state index contributed by atoms with van der Waals surface area (Å²) in [6, 6.07) is 8.04. The van der Waals surface area contributed by atoms with Gasteiger partial charge in [0.05, 0.1) is 13.5 Å². The molecule has 0 aliphatic carbocycles. The SMILES string of the molecule is CCC(CC)N(CCBr)C(=O)Cc1cccc(OC)c1. The van der Waals surface area contributed by atoms with Crippen LogP contribution in [0.5, 0.6) is 5.75 Å². The third-order valence-electron chi connectivity index (χ3n) is 3.52. The van der Waals surface area contributed by atoms with Crippen molar-refractivity contribution < 1.29 is 9.53 Å². The number of benzene rings is 1. The highest BCUT2D eigenvalue weighted by Gasteiger charge is 2.20. The van der Waals surface area contributed by atoms with E-state index in [-0.39, 0.29) is 5.91 Å². The van der Waals surface area contributed by atoms with Crippen molar-refractivity contribution in [2.45, 2.75) is 39.2 Å². The molecule has 4 heteroatoms. The average Bonchev–Trinajstić information content (AvgIpc) is 2.47. The first-order valence-electron chi connectivity index (χ1n) is 7.14. The molecule has 0 unspecified atom stereocenters. The first kappa shape index (κ1) is 17.0. The van der Waals surface area contributed by atoms with Gasteiger partial charge in [-0.1, -0.05) is 41.9 Å². The normalized spacial score (nSPS) is 10.7. The lowest BCUT2D eigenvalue weighted by molar-refractivity contribution is -0.132. The zero-order valence-corrected chi connectivity index (χ0v) is 14.1. The number of ether oxygens (including phenoxy) is 1. The van der Waals surface area contributed by atoms with Gasteiger partial charge in [-0.25, -0.2) is 0 Å². The monoisotopic (exact) mass is 341 g/mol. The minimum atomic E-state index is 0.186. The summed E-state index contributed by atoms with van der Waals surface area (Å²) in [6.07, 6.45) is 2.42. The molecule has 0 radical (unpaired) electrons. The fraction of sp³-hybridized carbons (Fsp3) is 0.562. The van der Waals surface area contributed by atoms with Crippen molar-refractivity contribution in [2.75, 3.05) is 19.0 Å². The summed E-state index contributed by atoms with van der Waals surface area (Å²) in [4.78, 5) is 14.5. The summed E-state index contributed by atoms with van der Waals surface area (Å²) in [7, 11) is 1.64. The molecule has 0 aliphatic heterocycles. The van der Waals surface area contributed by atoms with Gasteiger partial charge in [0.2, 0.25) is 5.91 Å². The maximum absolute atomic E-state index is 12.5. The quantitative estimate of drug-likeness (QED) is 0.675. The molecule has 3 nitrogen and oxygen atoms in total. The van der Waals surface area contributed by atoms with Crippen LogP contribution in [0, 0.1) is 0 Å². The van der Waals surface area contributed by atoms with Crippen molar-refractivity contribution in [1.82, 2.24) is 4.90 Å². The van der Waals surface area contributed by atoms with Gasteiger partial charge in [0.1, 0.15) is 5.75 Å². The Morgan fingerprint density at radius 1 is 1.35 bits per heavy atom. The number of alkyl halides is 1. The van der Waals surface area contributed by atoms with Gasteiger partial charge in [0, 0.05) is 17.9 Å². The summed E-state index contributed by atoms with van der Waals surface area (Å²) >= 11 is 3.44. The highest BCUT2D eigenvalue weighted by atomic mass is 79.9. The van der Waals surface area contributed by atoms with Crippen LogP contribution in [-0.2, 0) is 11.2 Å². The predicted molar refractivity (Wildman–Crippen MR) is 86.6 cm³/mol. The average molecular weight is 342 g/mol. The van der Waals surface area contributed by atoms with Crippen LogP contribution in [0.2, 0.25) is 0 Å². The number of hydrogen-bond donors (Lipinski definition) is 0. The second-order valence-corrected chi connectivity index (χ2v) is 5.57. The number of hydrogen-bond acceptors (Lipinski definition) is 2. The molecule has 0 aliphatic rings.